The van der Waals surface area contributed by atoms with E-state index in [-0.39, 0.29) is 16.8 Å². The van der Waals surface area contributed by atoms with Crippen LogP contribution in [0.4, 0.5) is 11.4 Å². The van der Waals surface area contributed by atoms with Gasteiger partial charge in [0.2, 0.25) is 11.6 Å². The average molecular weight is 329 g/mol. The summed E-state index contributed by atoms with van der Waals surface area (Å²) < 4.78 is 1.60. The Morgan fingerprint density at radius 2 is 1.71 bits per heavy atom. The number of carbonyl (C=O) groups is 2. The minimum Gasteiger partial charge on any atom is -0.493 e. The molecular formula is C14H11N5O5. The lowest BCUT2D eigenvalue weighted by molar-refractivity contribution is 0.0880. The van der Waals surface area contributed by atoms with Gasteiger partial charge >= 0.3 is 5.69 Å². The molecule has 0 unspecified atom stereocenters. The number of carbonyl (C=O) groups excluding carboxylic acids is 2. The van der Waals surface area contributed by atoms with E-state index < -0.39 is 34.6 Å². The highest BCUT2D eigenvalue weighted by atomic mass is 16.3. The molecule has 0 saturated carbocycles. The van der Waals surface area contributed by atoms with Crippen LogP contribution in [0, 0.1) is 0 Å². The minimum atomic E-state index is -0.840. The quantitative estimate of drug-likeness (QED) is 0.594. The zero-order valence-corrected chi connectivity index (χ0v) is 12.6. The van der Waals surface area contributed by atoms with Crippen LogP contribution in [0.3, 0.4) is 0 Å². The Morgan fingerprint density at radius 1 is 1.00 bits per heavy atom. The highest BCUT2D eigenvalue weighted by molar-refractivity contribution is 6.23. The molecule has 0 saturated heterocycles. The van der Waals surface area contributed by atoms with E-state index in [0.29, 0.717) is 0 Å². The van der Waals surface area contributed by atoms with Crippen LogP contribution < -0.4 is 16.6 Å². The van der Waals surface area contributed by atoms with Crippen LogP contribution in [0.2, 0.25) is 0 Å². The number of azo groups is 1. The summed E-state index contributed by atoms with van der Waals surface area (Å²) in [7, 11) is 2.50. The molecule has 0 radical (unpaired) electrons. The molecule has 0 bridgehead atoms. The second-order valence-electron chi connectivity index (χ2n) is 5.06. The van der Waals surface area contributed by atoms with E-state index in [1.54, 1.807) is 0 Å². The number of imide groups is 1. The van der Waals surface area contributed by atoms with Crippen molar-refractivity contribution in [3.63, 3.8) is 0 Å². The van der Waals surface area contributed by atoms with Gasteiger partial charge in [-0.3, -0.25) is 28.8 Å². The highest BCUT2D eigenvalue weighted by Gasteiger charge is 2.29. The van der Waals surface area contributed by atoms with Gasteiger partial charge in [-0.15, -0.1) is 10.2 Å². The molecule has 1 aliphatic heterocycles. The van der Waals surface area contributed by atoms with Crippen molar-refractivity contribution in [2.75, 3.05) is 0 Å². The molecule has 2 aromatic rings. The monoisotopic (exact) mass is 329 g/mol. The lowest BCUT2D eigenvalue weighted by atomic mass is 10.1. The van der Waals surface area contributed by atoms with Crippen molar-refractivity contribution in [2.24, 2.45) is 24.3 Å². The van der Waals surface area contributed by atoms with Crippen molar-refractivity contribution >= 4 is 23.2 Å². The minimum absolute atomic E-state index is 0.0346. The molecule has 10 heteroatoms. The first kappa shape index (κ1) is 15.3. The number of nitrogens with zero attached hydrogens (tertiary/aromatic N) is 4. The zero-order valence-electron chi connectivity index (χ0n) is 12.6. The van der Waals surface area contributed by atoms with Gasteiger partial charge < -0.3 is 5.11 Å². The Kier molecular flexibility index (Phi) is 3.36. The normalized spacial score (nSPS) is 13.4. The van der Waals surface area contributed by atoms with Crippen LogP contribution in [-0.2, 0) is 14.1 Å². The number of hydrogen-bond donors (Lipinski definition) is 2. The van der Waals surface area contributed by atoms with Gasteiger partial charge in [0.1, 0.15) is 0 Å². The van der Waals surface area contributed by atoms with E-state index in [0.717, 1.165) is 9.13 Å². The fourth-order valence-electron chi connectivity index (χ4n) is 2.29. The van der Waals surface area contributed by atoms with Crippen molar-refractivity contribution in [2.45, 2.75) is 0 Å². The molecule has 2 heterocycles. The lowest BCUT2D eigenvalue weighted by Gasteiger charge is -2.06. The van der Waals surface area contributed by atoms with Crippen molar-refractivity contribution < 1.29 is 14.7 Å². The third kappa shape index (κ3) is 2.12. The second kappa shape index (κ2) is 5.26. The van der Waals surface area contributed by atoms with Gasteiger partial charge in [-0.2, -0.15) is 0 Å². The van der Waals surface area contributed by atoms with Crippen molar-refractivity contribution in [1.82, 2.24) is 14.5 Å². The third-order valence-corrected chi connectivity index (χ3v) is 3.61. The molecular weight excluding hydrogens is 318 g/mol. The van der Waals surface area contributed by atoms with E-state index >= 15 is 0 Å². The fourth-order valence-corrected chi connectivity index (χ4v) is 2.29. The van der Waals surface area contributed by atoms with Crippen LogP contribution in [0.25, 0.3) is 0 Å². The Morgan fingerprint density at radius 3 is 2.42 bits per heavy atom. The summed E-state index contributed by atoms with van der Waals surface area (Å²) in [5, 5.41) is 19.5. The summed E-state index contributed by atoms with van der Waals surface area (Å²) in [6.45, 7) is 0. The van der Waals surface area contributed by atoms with E-state index in [2.05, 4.69) is 15.5 Å². The topological polar surface area (TPSA) is 135 Å². The maximum Gasteiger partial charge on any atom is 0.333 e. The Bertz CT molecular complexity index is 1050. The highest BCUT2D eigenvalue weighted by Crippen LogP contribution is 2.29. The molecule has 0 fully saturated rings. The number of nitrogens with one attached hydrogen (secondary N) is 1. The van der Waals surface area contributed by atoms with E-state index in [1.165, 1.54) is 32.3 Å². The molecule has 0 atom stereocenters. The first-order valence-corrected chi connectivity index (χ1v) is 6.72. The van der Waals surface area contributed by atoms with Crippen molar-refractivity contribution in [1.29, 1.82) is 0 Å². The summed E-state index contributed by atoms with van der Waals surface area (Å²) in [4.78, 5) is 47.1. The zero-order chi connectivity index (χ0) is 17.6. The number of aromatic hydroxyl groups is 1. The third-order valence-electron chi connectivity index (χ3n) is 3.61. The molecule has 24 heavy (non-hydrogen) atoms. The van der Waals surface area contributed by atoms with E-state index in [9.17, 15) is 24.3 Å². The first-order valence-electron chi connectivity index (χ1n) is 6.72. The predicted octanol–water partition coefficient (Wildman–Crippen LogP) is 0.0886. The number of amides is 2. The van der Waals surface area contributed by atoms with Crippen LogP contribution in [-0.4, -0.2) is 26.1 Å². The molecule has 122 valence electrons. The summed E-state index contributed by atoms with van der Waals surface area (Å²) in [6.07, 6.45) is 0. The molecule has 2 N–H and O–H groups in total. The molecule has 1 aromatic carbocycles. The average Bonchev–Trinajstić information content (AvgIpc) is 2.86. The maximum absolute atomic E-state index is 12.0. The van der Waals surface area contributed by atoms with Crippen LogP contribution in [0.5, 0.6) is 5.88 Å². The number of benzene rings is 1. The SMILES string of the molecule is Cn1c(O)c(N=Nc2cccc3c2C(=O)NC3=O)c(=O)n(C)c1=O. The second-order valence-corrected chi connectivity index (χ2v) is 5.06. The number of aromatic nitrogens is 2. The summed E-state index contributed by atoms with van der Waals surface area (Å²) in [5.74, 6) is -1.82. The Labute approximate surface area is 133 Å². The Balaban J connectivity index is 2.16. The van der Waals surface area contributed by atoms with Gasteiger partial charge in [0.05, 0.1) is 16.8 Å². The van der Waals surface area contributed by atoms with Gasteiger partial charge in [0.25, 0.3) is 17.4 Å². The first-order chi connectivity index (χ1) is 11.3. The Hall–Kier alpha value is -3.56. The van der Waals surface area contributed by atoms with Gasteiger partial charge in [-0.1, -0.05) is 6.07 Å². The van der Waals surface area contributed by atoms with Crippen molar-refractivity contribution in [3.05, 3.63) is 50.2 Å². The number of rotatable bonds is 2. The van der Waals surface area contributed by atoms with Gasteiger partial charge in [-0.25, -0.2) is 4.79 Å². The number of hydrogen-bond acceptors (Lipinski definition) is 7. The van der Waals surface area contributed by atoms with Crippen molar-refractivity contribution in [3.8, 4) is 5.88 Å². The lowest BCUT2D eigenvalue weighted by Crippen LogP contribution is -2.36. The van der Waals surface area contributed by atoms with Gasteiger partial charge in [0, 0.05) is 14.1 Å². The largest absolute Gasteiger partial charge is 0.493 e. The smallest absolute Gasteiger partial charge is 0.333 e. The standard InChI is InChI=1S/C14H11N5O5/c1-18-12(22)9(13(23)19(2)14(18)24)17-16-7-5-3-4-6-8(7)11(21)15-10(6)20/h3-5,22H,1-2H3,(H,15,20,21). The van der Waals surface area contributed by atoms with E-state index in [4.69, 9.17) is 0 Å². The summed E-state index contributed by atoms with van der Waals surface area (Å²) in [6, 6.07) is 4.39. The molecule has 10 nitrogen and oxygen atoms in total. The van der Waals surface area contributed by atoms with Crippen LogP contribution >= 0.6 is 0 Å². The molecule has 1 aromatic heterocycles. The summed E-state index contributed by atoms with van der Waals surface area (Å²) in [5.41, 5.74) is -1.77. The van der Waals surface area contributed by atoms with Crippen LogP contribution in [0.1, 0.15) is 20.7 Å². The molecule has 2 amide bonds. The molecule has 3 rings (SSSR count). The maximum atomic E-state index is 12.0. The van der Waals surface area contributed by atoms with Crippen LogP contribution in [0.15, 0.2) is 38.0 Å². The van der Waals surface area contributed by atoms with Gasteiger partial charge in [-0.05, 0) is 12.1 Å². The fraction of sp³-hybridized carbons (Fsp3) is 0.143. The van der Waals surface area contributed by atoms with E-state index in [1.807, 2.05) is 0 Å². The molecule has 0 aliphatic carbocycles. The molecule has 1 aliphatic rings. The summed E-state index contributed by atoms with van der Waals surface area (Å²) >= 11 is 0. The van der Waals surface area contributed by atoms with Gasteiger partial charge in [0.15, 0.2) is 0 Å². The molecule has 0 spiro atoms. The predicted molar refractivity (Wildman–Crippen MR) is 81.0 cm³/mol. The number of fused-ring (bicyclic) bond motifs is 1.